The summed E-state index contributed by atoms with van der Waals surface area (Å²) in [6.07, 6.45) is 0.406. The van der Waals surface area contributed by atoms with Crippen LogP contribution in [0.5, 0.6) is 0 Å². The maximum atomic E-state index is 12.8. The topological polar surface area (TPSA) is 122 Å². The van der Waals surface area contributed by atoms with Gasteiger partial charge in [-0.2, -0.15) is 0 Å². The Hall–Kier alpha value is -3.69. The van der Waals surface area contributed by atoms with Crippen molar-refractivity contribution >= 4 is 38.1 Å². The van der Waals surface area contributed by atoms with Gasteiger partial charge in [-0.05, 0) is 35.9 Å². The highest BCUT2D eigenvalue weighted by atomic mass is 32.2. The fraction of sp³-hybridized carbons (Fsp3) is 0.0435. The quantitative estimate of drug-likeness (QED) is 0.346. The van der Waals surface area contributed by atoms with Crippen molar-refractivity contribution in [3.05, 3.63) is 94.9 Å². The highest BCUT2D eigenvalue weighted by Gasteiger charge is 2.20. The van der Waals surface area contributed by atoms with Crippen LogP contribution in [-0.2, 0) is 16.4 Å². The van der Waals surface area contributed by atoms with E-state index < -0.39 is 16.0 Å². The molecule has 0 saturated heterocycles. The number of thiazole rings is 1. The lowest BCUT2D eigenvalue weighted by molar-refractivity contribution is 0.0696. The third-order valence-corrected chi connectivity index (χ3v) is 7.11. The molecule has 0 bridgehead atoms. The SMILES string of the molecule is Nc1cccc(S(=O)(=O)Nc2nc(-c3ccccc3)c(Cc3cccc(C(=O)O)c3)s2)c1. The van der Waals surface area contributed by atoms with Crippen molar-refractivity contribution in [2.75, 3.05) is 10.5 Å². The lowest BCUT2D eigenvalue weighted by Gasteiger charge is -2.05. The average Bonchev–Trinajstić information content (AvgIpc) is 3.16. The molecule has 0 spiro atoms. The summed E-state index contributed by atoms with van der Waals surface area (Å²) in [6.45, 7) is 0. The molecule has 3 aromatic carbocycles. The monoisotopic (exact) mass is 465 g/mol. The van der Waals surface area contributed by atoms with Gasteiger partial charge < -0.3 is 10.8 Å². The maximum Gasteiger partial charge on any atom is 0.335 e. The van der Waals surface area contributed by atoms with Crippen LogP contribution >= 0.6 is 11.3 Å². The van der Waals surface area contributed by atoms with E-state index in [4.69, 9.17) is 5.73 Å². The first kappa shape index (κ1) is 21.5. The van der Waals surface area contributed by atoms with Gasteiger partial charge in [0.05, 0.1) is 16.2 Å². The van der Waals surface area contributed by atoms with E-state index in [-0.39, 0.29) is 15.6 Å². The van der Waals surface area contributed by atoms with Crippen LogP contribution in [0, 0.1) is 0 Å². The van der Waals surface area contributed by atoms with Gasteiger partial charge in [0.25, 0.3) is 10.0 Å². The van der Waals surface area contributed by atoms with Crippen LogP contribution in [0.15, 0.2) is 83.8 Å². The number of nitrogens with zero attached hydrogens (tertiary/aromatic N) is 1. The zero-order valence-corrected chi connectivity index (χ0v) is 18.4. The number of rotatable bonds is 7. The minimum atomic E-state index is -3.87. The molecule has 1 heterocycles. The van der Waals surface area contributed by atoms with Gasteiger partial charge in [0.15, 0.2) is 5.13 Å². The number of nitrogens with one attached hydrogen (secondary N) is 1. The highest BCUT2D eigenvalue weighted by Crippen LogP contribution is 2.34. The predicted octanol–water partition coefficient (Wildman–Crippen LogP) is 4.48. The van der Waals surface area contributed by atoms with E-state index in [0.717, 1.165) is 16.0 Å². The van der Waals surface area contributed by atoms with E-state index in [1.54, 1.807) is 24.3 Å². The molecule has 0 aliphatic heterocycles. The highest BCUT2D eigenvalue weighted by molar-refractivity contribution is 7.93. The number of benzene rings is 3. The van der Waals surface area contributed by atoms with Gasteiger partial charge in [0, 0.05) is 22.5 Å². The summed E-state index contributed by atoms with van der Waals surface area (Å²) in [5, 5.41) is 9.49. The van der Waals surface area contributed by atoms with Gasteiger partial charge in [0.1, 0.15) is 0 Å². The number of aromatic nitrogens is 1. The van der Waals surface area contributed by atoms with Gasteiger partial charge in [-0.1, -0.05) is 48.5 Å². The van der Waals surface area contributed by atoms with E-state index >= 15 is 0 Å². The van der Waals surface area contributed by atoms with Gasteiger partial charge >= 0.3 is 5.97 Å². The lowest BCUT2D eigenvalue weighted by atomic mass is 10.0. The number of carboxylic acids is 1. The molecule has 0 amide bonds. The molecular formula is C23H19N3O4S2. The third kappa shape index (κ3) is 4.79. The van der Waals surface area contributed by atoms with Gasteiger partial charge in [-0.3, -0.25) is 4.72 Å². The average molecular weight is 466 g/mol. The van der Waals surface area contributed by atoms with Crippen molar-refractivity contribution in [1.29, 1.82) is 0 Å². The van der Waals surface area contributed by atoms with E-state index in [1.807, 2.05) is 36.4 Å². The van der Waals surface area contributed by atoms with Crippen LogP contribution in [0.1, 0.15) is 20.8 Å². The second-order valence-corrected chi connectivity index (χ2v) is 9.78. The molecule has 0 fully saturated rings. The Kier molecular flexibility index (Phi) is 5.93. The first-order valence-corrected chi connectivity index (χ1v) is 11.9. The Morgan fingerprint density at radius 1 is 1.00 bits per heavy atom. The van der Waals surface area contributed by atoms with E-state index in [2.05, 4.69) is 9.71 Å². The number of aromatic carboxylic acids is 1. The van der Waals surface area contributed by atoms with Crippen LogP contribution in [-0.4, -0.2) is 24.5 Å². The molecule has 1 aromatic heterocycles. The number of nitrogen functional groups attached to an aromatic ring is 1. The Morgan fingerprint density at radius 2 is 1.75 bits per heavy atom. The van der Waals surface area contributed by atoms with Crippen molar-refractivity contribution in [3.63, 3.8) is 0 Å². The standard InChI is InChI=1S/C23H19N3O4S2/c24-18-10-5-11-19(14-18)32(29,30)26-23-25-21(16-7-2-1-3-8-16)20(31-23)13-15-6-4-9-17(12-15)22(27)28/h1-12,14H,13,24H2,(H,25,26)(H,27,28). The molecule has 4 rings (SSSR count). The van der Waals surface area contributed by atoms with Crippen LogP contribution in [0.4, 0.5) is 10.8 Å². The molecule has 0 radical (unpaired) electrons. The van der Waals surface area contributed by atoms with Crippen LogP contribution in [0.25, 0.3) is 11.3 Å². The largest absolute Gasteiger partial charge is 0.478 e. The number of carbonyl (C=O) groups is 1. The number of nitrogens with two attached hydrogens (primary N) is 1. The maximum absolute atomic E-state index is 12.8. The molecule has 0 atom stereocenters. The summed E-state index contributed by atoms with van der Waals surface area (Å²) in [6, 6.07) is 22.1. The van der Waals surface area contributed by atoms with Crippen LogP contribution in [0.3, 0.4) is 0 Å². The van der Waals surface area contributed by atoms with E-state index in [0.29, 0.717) is 17.8 Å². The Bertz CT molecular complexity index is 1380. The van der Waals surface area contributed by atoms with Crippen molar-refractivity contribution in [2.45, 2.75) is 11.3 Å². The number of sulfonamides is 1. The second kappa shape index (κ2) is 8.81. The minimum Gasteiger partial charge on any atom is -0.478 e. The Labute approximate surface area is 189 Å². The Morgan fingerprint density at radius 3 is 2.47 bits per heavy atom. The molecule has 0 saturated carbocycles. The molecule has 0 aliphatic rings. The predicted molar refractivity (Wildman–Crippen MR) is 125 cm³/mol. The van der Waals surface area contributed by atoms with Gasteiger partial charge in [0.2, 0.25) is 0 Å². The van der Waals surface area contributed by atoms with Crippen molar-refractivity contribution in [3.8, 4) is 11.3 Å². The fourth-order valence-electron chi connectivity index (χ4n) is 3.19. The third-order valence-electron chi connectivity index (χ3n) is 4.67. The Balaban J connectivity index is 1.72. The summed E-state index contributed by atoms with van der Waals surface area (Å²) in [7, 11) is -3.87. The summed E-state index contributed by atoms with van der Waals surface area (Å²) in [5.41, 5.74) is 8.52. The lowest BCUT2D eigenvalue weighted by Crippen LogP contribution is -2.13. The molecule has 4 N–H and O–H groups in total. The number of hydrogen-bond donors (Lipinski definition) is 3. The normalized spacial score (nSPS) is 11.2. The summed E-state index contributed by atoms with van der Waals surface area (Å²) in [4.78, 5) is 16.7. The van der Waals surface area contributed by atoms with Crippen LogP contribution in [0.2, 0.25) is 0 Å². The van der Waals surface area contributed by atoms with Crippen LogP contribution < -0.4 is 10.5 Å². The molecule has 4 aromatic rings. The number of carboxylic acid groups (broad SMARTS) is 1. The molecule has 0 unspecified atom stereocenters. The summed E-state index contributed by atoms with van der Waals surface area (Å²) >= 11 is 1.21. The summed E-state index contributed by atoms with van der Waals surface area (Å²) in [5.74, 6) is -1.00. The van der Waals surface area contributed by atoms with Gasteiger partial charge in [-0.15, -0.1) is 11.3 Å². The van der Waals surface area contributed by atoms with E-state index in [9.17, 15) is 18.3 Å². The molecule has 9 heteroatoms. The zero-order valence-electron chi connectivity index (χ0n) is 16.7. The molecule has 162 valence electrons. The first-order chi connectivity index (χ1) is 15.3. The number of hydrogen-bond acceptors (Lipinski definition) is 6. The van der Waals surface area contributed by atoms with Gasteiger partial charge in [-0.25, -0.2) is 18.2 Å². The first-order valence-electron chi connectivity index (χ1n) is 9.57. The molecule has 0 aliphatic carbocycles. The zero-order chi connectivity index (χ0) is 22.7. The van der Waals surface area contributed by atoms with Crippen molar-refractivity contribution in [2.24, 2.45) is 0 Å². The van der Waals surface area contributed by atoms with Crippen molar-refractivity contribution in [1.82, 2.24) is 4.98 Å². The number of anilines is 2. The smallest absolute Gasteiger partial charge is 0.335 e. The minimum absolute atomic E-state index is 0.0460. The molecule has 32 heavy (non-hydrogen) atoms. The second-order valence-electron chi connectivity index (χ2n) is 7.02. The van der Waals surface area contributed by atoms with E-state index in [1.165, 1.54) is 29.5 Å². The molecule has 7 nitrogen and oxygen atoms in total. The van der Waals surface area contributed by atoms with Crippen molar-refractivity contribution < 1.29 is 18.3 Å². The molecular weight excluding hydrogens is 446 g/mol. The summed E-state index contributed by atoms with van der Waals surface area (Å²) < 4.78 is 28.2. The fourth-order valence-corrected chi connectivity index (χ4v) is 5.50.